The maximum absolute atomic E-state index is 12.1. The van der Waals surface area contributed by atoms with Crippen LogP contribution >= 0.6 is 0 Å². The second-order valence-electron chi connectivity index (χ2n) is 6.80. The lowest BCUT2D eigenvalue weighted by molar-refractivity contribution is -0.137. The number of nitrogens with one attached hydrogen (secondary N) is 1. The lowest BCUT2D eigenvalue weighted by Gasteiger charge is -2.40. The molecule has 4 heteroatoms. The van der Waals surface area contributed by atoms with Gasteiger partial charge in [0.1, 0.15) is 0 Å². The van der Waals surface area contributed by atoms with E-state index in [1.165, 1.54) is 11.1 Å². The summed E-state index contributed by atoms with van der Waals surface area (Å²) in [6, 6.07) is 0. The van der Waals surface area contributed by atoms with E-state index < -0.39 is 0 Å². The highest BCUT2D eigenvalue weighted by Gasteiger charge is 2.33. The highest BCUT2D eigenvalue weighted by molar-refractivity contribution is 5.77. The second kappa shape index (κ2) is 6.92. The van der Waals surface area contributed by atoms with Crippen molar-refractivity contribution in [1.29, 1.82) is 0 Å². The zero-order valence-electron chi connectivity index (χ0n) is 13.5. The van der Waals surface area contributed by atoms with E-state index in [1.54, 1.807) is 0 Å². The Bertz CT molecular complexity index is 488. The average molecular weight is 289 g/mol. The van der Waals surface area contributed by atoms with Gasteiger partial charge in [0.2, 0.25) is 5.91 Å². The van der Waals surface area contributed by atoms with Crippen LogP contribution in [0.4, 0.5) is 0 Å². The molecular formula is C17H27N3O. The maximum atomic E-state index is 12.1. The van der Waals surface area contributed by atoms with E-state index in [2.05, 4.69) is 37.0 Å². The van der Waals surface area contributed by atoms with Gasteiger partial charge in [-0.3, -0.25) is 9.89 Å². The number of carbonyl (C=O) groups excluding carboxylic acids is 1. The summed E-state index contributed by atoms with van der Waals surface area (Å²) in [6.07, 6.45) is 10.9. The molecular weight excluding hydrogens is 262 g/mol. The lowest BCUT2D eigenvalue weighted by atomic mass is 9.77. The molecule has 0 saturated carbocycles. The van der Waals surface area contributed by atoms with Crippen LogP contribution in [0.3, 0.4) is 0 Å². The smallest absolute Gasteiger partial charge is 0.222 e. The van der Waals surface area contributed by atoms with Gasteiger partial charge >= 0.3 is 0 Å². The number of likely N-dealkylation sites (tertiary alicyclic amines) is 1. The molecule has 0 radical (unpaired) electrons. The van der Waals surface area contributed by atoms with Crippen LogP contribution in [0.2, 0.25) is 0 Å². The molecule has 1 atom stereocenters. The van der Waals surface area contributed by atoms with Crippen LogP contribution in [0.5, 0.6) is 0 Å². The first kappa shape index (κ1) is 15.8. The van der Waals surface area contributed by atoms with E-state index in [9.17, 15) is 4.79 Å². The predicted molar refractivity (Wildman–Crippen MR) is 84.9 cm³/mol. The number of aromatic amines is 1. The molecule has 2 heterocycles. The fraction of sp³-hybridized carbons (Fsp3) is 0.647. The van der Waals surface area contributed by atoms with Crippen LogP contribution in [0.15, 0.2) is 24.0 Å². The Balaban J connectivity index is 1.88. The Morgan fingerprint density at radius 2 is 2.33 bits per heavy atom. The molecule has 1 N–H and O–H groups in total. The average Bonchev–Trinajstić information content (AvgIpc) is 2.93. The Morgan fingerprint density at radius 3 is 3.00 bits per heavy atom. The molecule has 0 spiro atoms. The Labute approximate surface area is 127 Å². The first-order chi connectivity index (χ1) is 9.98. The van der Waals surface area contributed by atoms with Crippen LogP contribution < -0.4 is 0 Å². The third-order valence-corrected chi connectivity index (χ3v) is 4.39. The van der Waals surface area contributed by atoms with E-state index in [-0.39, 0.29) is 5.41 Å². The number of nitrogens with zero attached hydrogens (tertiary/aromatic N) is 2. The van der Waals surface area contributed by atoms with E-state index in [1.807, 2.05) is 17.3 Å². The molecule has 21 heavy (non-hydrogen) atoms. The number of hydrogen-bond acceptors (Lipinski definition) is 2. The first-order valence-corrected chi connectivity index (χ1v) is 7.87. The van der Waals surface area contributed by atoms with Gasteiger partial charge in [-0.25, -0.2) is 0 Å². The number of H-pyrrole nitrogens is 1. The van der Waals surface area contributed by atoms with Gasteiger partial charge in [-0.1, -0.05) is 18.6 Å². The summed E-state index contributed by atoms with van der Waals surface area (Å²) in [5.74, 6) is 0.304. The molecule has 1 aromatic rings. The molecule has 2 rings (SSSR count). The third-order valence-electron chi connectivity index (χ3n) is 4.39. The van der Waals surface area contributed by atoms with E-state index in [4.69, 9.17) is 0 Å². The van der Waals surface area contributed by atoms with Crippen LogP contribution in [-0.2, 0) is 11.2 Å². The minimum Gasteiger partial charge on any atom is -0.342 e. The molecule has 4 nitrogen and oxygen atoms in total. The zero-order valence-corrected chi connectivity index (χ0v) is 13.5. The molecule has 1 saturated heterocycles. The summed E-state index contributed by atoms with van der Waals surface area (Å²) < 4.78 is 0. The summed E-state index contributed by atoms with van der Waals surface area (Å²) >= 11 is 0. The minimum absolute atomic E-state index is 0.260. The number of hydrogen-bond donors (Lipinski definition) is 1. The number of allylic oxidation sites excluding steroid dienone is 2. The predicted octanol–water partition coefficient (Wildman–Crippen LogP) is 3.33. The van der Waals surface area contributed by atoms with E-state index >= 15 is 0 Å². The van der Waals surface area contributed by atoms with Crippen LogP contribution in [-0.4, -0.2) is 34.1 Å². The number of rotatable bonds is 6. The Morgan fingerprint density at radius 1 is 1.52 bits per heavy atom. The largest absolute Gasteiger partial charge is 0.342 e. The van der Waals surface area contributed by atoms with Gasteiger partial charge in [0.05, 0.1) is 6.20 Å². The van der Waals surface area contributed by atoms with Crippen molar-refractivity contribution in [2.45, 2.75) is 52.9 Å². The fourth-order valence-corrected chi connectivity index (χ4v) is 2.99. The lowest BCUT2D eigenvalue weighted by Crippen LogP contribution is -2.45. The van der Waals surface area contributed by atoms with Crippen LogP contribution in [0.1, 0.15) is 52.0 Å². The van der Waals surface area contributed by atoms with Crippen molar-refractivity contribution in [3.05, 3.63) is 29.6 Å². The van der Waals surface area contributed by atoms with Crippen molar-refractivity contribution in [2.75, 3.05) is 13.1 Å². The third kappa shape index (κ3) is 4.73. The van der Waals surface area contributed by atoms with Gasteiger partial charge in [0.15, 0.2) is 0 Å². The molecule has 1 aromatic heterocycles. The second-order valence-corrected chi connectivity index (χ2v) is 6.80. The number of amides is 1. The molecule has 0 aliphatic carbocycles. The molecule has 1 fully saturated rings. The topological polar surface area (TPSA) is 49.0 Å². The van der Waals surface area contributed by atoms with E-state index in [0.717, 1.165) is 38.8 Å². The fourth-order valence-electron chi connectivity index (χ4n) is 2.99. The van der Waals surface area contributed by atoms with Gasteiger partial charge in [-0.2, -0.15) is 5.10 Å². The number of carbonyl (C=O) groups is 1. The quantitative estimate of drug-likeness (QED) is 0.817. The highest BCUT2D eigenvalue weighted by Crippen LogP contribution is 2.34. The van der Waals surface area contributed by atoms with Crippen molar-refractivity contribution in [1.82, 2.24) is 15.1 Å². The molecule has 0 aromatic carbocycles. The molecule has 116 valence electrons. The summed E-state index contributed by atoms with van der Waals surface area (Å²) in [5.41, 5.74) is 2.80. The molecule has 1 amide bonds. The minimum atomic E-state index is 0.260. The summed E-state index contributed by atoms with van der Waals surface area (Å²) in [6.45, 7) is 8.30. The normalized spacial score (nSPS) is 22.4. The van der Waals surface area contributed by atoms with Crippen molar-refractivity contribution >= 4 is 5.91 Å². The Kier molecular flexibility index (Phi) is 5.21. The van der Waals surface area contributed by atoms with Gasteiger partial charge in [-0.15, -0.1) is 0 Å². The Hall–Kier alpha value is -1.58. The molecule has 1 aliphatic rings. The van der Waals surface area contributed by atoms with Crippen LogP contribution in [0.25, 0.3) is 0 Å². The molecule has 1 aliphatic heterocycles. The van der Waals surface area contributed by atoms with Crippen molar-refractivity contribution < 1.29 is 4.79 Å². The monoisotopic (exact) mass is 289 g/mol. The number of piperidine rings is 1. The highest BCUT2D eigenvalue weighted by atomic mass is 16.2. The summed E-state index contributed by atoms with van der Waals surface area (Å²) in [5, 5.41) is 6.78. The van der Waals surface area contributed by atoms with Gasteiger partial charge in [0, 0.05) is 25.7 Å². The molecule has 0 bridgehead atoms. The van der Waals surface area contributed by atoms with E-state index in [0.29, 0.717) is 12.3 Å². The summed E-state index contributed by atoms with van der Waals surface area (Å²) in [4.78, 5) is 14.2. The van der Waals surface area contributed by atoms with Crippen molar-refractivity contribution in [2.24, 2.45) is 5.41 Å². The van der Waals surface area contributed by atoms with Gasteiger partial charge in [0.25, 0.3) is 0 Å². The number of aromatic nitrogens is 2. The van der Waals surface area contributed by atoms with Gasteiger partial charge < -0.3 is 4.90 Å². The first-order valence-electron chi connectivity index (χ1n) is 7.87. The SMILES string of the molecule is CC(C)=CCC[C@@]1(C)CCC(=O)N(CCc2cn[nH]c2)C1. The zero-order chi connectivity index (χ0) is 15.3. The molecule has 0 unspecified atom stereocenters. The van der Waals surface area contributed by atoms with Crippen molar-refractivity contribution in [3.63, 3.8) is 0 Å². The maximum Gasteiger partial charge on any atom is 0.222 e. The summed E-state index contributed by atoms with van der Waals surface area (Å²) in [7, 11) is 0. The van der Waals surface area contributed by atoms with Crippen molar-refractivity contribution in [3.8, 4) is 0 Å². The van der Waals surface area contributed by atoms with Crippen LogP contribution in [0, 0.1) is 5.41 Å². The standard InChI is InChI=1S/C17H27N3O/c1-14(2)5-4-8-17(3)9-6-16(21)20(13-17)10-7-15-11-18-19-12-15/h5,11-12H,4,6-10,13H2,1-3H3,(H,18,19)/t17-/m0/s1. The van der Waals surface area contributed by atoms with Gasteiger partial charge in [-0.05, 0) is 50.5 Å².